The van der Waals surface area contributed by atoms with Crippen molar-refractivity contribution in [3.05, 3.63) is 34.6 Å². The van der Waals surface area contributed by atoms with Gasteiger partial charge in [-0.15, -0.1) is 0 Å². The molecule has 1 aliphatic heterocycles. The van der Waals surface area contributed by atoms with Crippen LogP contribution in [0.15, 0.2) is 29.1 Å². The molecule has 0 spiro atoms. The van der Waals surface area contributed by atoms with Crippen LogP contribution >= 0.6 is 0 Å². The van der Waals surface area contributed by atoms with Gasteiger partial charge in [-0.2, -0.15) is 0 Å². The average molecular weight is 397 g/mol. The fourth-order valence-corrected chi connectivity index (χ4v) is 5.19. The molecule has 0 atom stereocenters. The van der Waals surface area contributed by atoms with Crippen LogP contribution in [0.5, 0.6) is 0 Å². The van der Waals surface area contributed by atoms with E-state index >= 15 is 0 Å². The Bertz CT molecular complexity index is 859. The fourth-order valence-electron chi connectivity index (χ4n) is 5.19. The number of fused-ring (bicyclic) bond motifs is 1. The third-order valence-electron chi connectivity index (χ3n) is 6.68. The second kappa shape index (κ2) is 9.29. The summed E-state index contributed by atoms with van der Waals surface area (Å²) in [5, 5.41) is 3.26. The van der Waals surface area contributed by atoms with Gasteiger partial charge in [0, 0.05) is 31.2 Å². The molecule has 0 unspecified atom stereocenters. The molecule has 5 nitrogen and oxygen atoms in total. The minimum Gasteiger partial charge on any atom is -0.363 e. The van der Waals surface area contributed by atoms with Crippen LogP contribution in [-0.4, -0.2) is 39.6 Å². The maximum absolute atomic E-state index is 13.3. The molecular weight excluding hydrogens is 360 g/mol. The number of nitrogens with zero attached hydrogens (tertiary/aromatic N) is 3. The quantitative estimate of drug-likeness (QED) is 0.793. The summed E-state index contributed by atoms with van der Waals surface area (Å²) < 4.78 is 2.03. The molecule has 4 rings (SSSR count). The predicted octanol–water partition coefficient (Wildman–Crippen LogP) is 4.97. The maximum atomic E-state index is 13.3. The lowest BCUT2D eigenvalue weighted by atomic mass is 9.93. The van der Waals surface area contributed by atoms with Gasteiger partial charge in [0.25, 0.3) is 5.56 Å². The number of rotatable bonds is 4. The Morgan fingerprint density at radius 1 is 0.931 bits per heavy atom. The van der Waals surface area contributed by atoms with E-state index in [4.69, 9.17) is 0 Å². The predicted molar refractivity (Wildman–Crippen MR) is 121 cm³/mol. The molecule has 1 aliphatic carbocycles. The SMILES string of the molecule is CC(C)Nc1nc2ccccc2n(C2CCN(C3CCCCCCC3)CC2)c1=O. The fraction of sp³-hybridized carbons (Fsp3) is 0.667. The van der Waals surface area contributed by atoms with E-state index in [2.05, 4.69) is 15.2 Å². The van der Waals surface area contributed by atoms with Crippen molar-refractivity contribution in [2.75, 3.05) is 18.4 Å². The van der Waals surface area contributed by atoms with Crippen LogP contribution in [-0.2, 0) is 0 Å². The van der Waals surface area contributed by atoms with Crippen molar-refractivity contribution >= 4 is 16.9 Å². The molecule has 2 heterocycles. The van der Waals surface area contributed by atoms with Crippen molar-refractivity contribution in [2.24, 2.45) is 0 Å². The lowest BCUT2D eigenvalue weighted by Gasteiger charge is -2.39. The Hall–Kier alpha value is -1.88. The lowest BCUT2D eigenvalue weighted by Crippen LogP contribution is -2.43. The number of hydrogen-bond acceptors (Lipinski definition) is 4. The molecule has 0 bridgehead atoms. The highest BCUT2D eigenvalue weighted by Crippen LogP contribution is 2.29. The van der Waals surface area contributed by atoms with Gasteiger partial charge in [-0.05, 0) is 51.7 Å². The van der Waals surface area contributed by atoms with Gasteiger partial charge in [0.2, 0.25) is 0 Å². The maximum Gasteiger partial charge on any atom is 0.294 e. The van der Waals surface area contributed by atoms with Crippen molar-refractivity contribution in [1.29, 1.82) is 0 Å². The summed E-state index contributed by atoms with van der Waals surface area (Å²) in [5.74, 6) is 0.487. The van der Waals surface area contributed by atoms with Crippen LogP contribution < -0.4 is 10.9 Å². The van der Waals surface area contributed by atoms with E-state index in [1.54, 1.807) is 0 Å². The van der Waals surface area contributed by atoms with Crippen LogP contribution in [0, 0.1) is 0 Å². The van der Waals surface area contributed by atoms with E-state index in [9.17, 15) is 4.79 Å². The molecule has 1 saturated heterocycles. The van der Waals surface area contributed by atoms with E-state index in [0.29, 0.717) is 5.82 Å². The van der Waals surface area contributed by atoms with Crippen molar-refractivity contribution in [1.82, 2.24) is 14.5 Å². The van der Waals surface area contributed by atoms with Gasteiger partial charge in [-0.3, -0.25) is 4.79 Å². The molecule has 1 aromatic heterocycles. The topological polar surface area (TPSA) is 50.2 Å². The number of benzene rings is 1. The second-order valence-corrected chi connectivity index (χ2v) is 9.19. The summed E-state index contributed by atoms with van der Waals surface area (Å²) in [6.07, 6.45) is 11.8. The zero-order valence-corrected chi connectivity index (χ0v) is 18.1. The number of likely N-dealkylation sites (tertiary alicyclic amines) is 1. The van der Waals surface area contributed by atoms with Crippen LogP contribution in [0.25, 0.3) is 11.0 Å². The Morgan fingerprint density at radius 3 is 2.28 bits per heavy atom. The first kappa shape index (κ1) is 20.4. The Labute approximate surface area is 174 Å². The molecule has 2 aromatic rings. The third kappa shape index (κ3) is 4.66. The summed E-state index contributed by atoms with van der Waals surface area (Å²) in [6, 6.07) is 9.27. The first-order chi connectivity index (χ1) is 14.1. The first-order valence-electron chi connectivity index (χ1n) is 11.7. The molecule has 1 N–H and O–H groups in total. The normalized spacial score (nSPS) is 20.7. The first-order valence-corrected chi connectivity index (χ1v) is 11.7. The average Bonchev–Trinajstić information content (AvgIpc) is 2.69. The van der Waals surface area contributed by atoms with Crippen molar-refractivity contribution < 1.29 is 0 Å². The molecule has 2 aliphatic rings. The standard InChI is InChI=1S/C24H36N4O/c1-18(2)25-23-24(29)28(22-13-9-8-12-21(22)26-23)20-14-16-27(17-15-20)19-10-6-4-3-5-7-11-19/h8-9,12-13,18-20H,3-7,10-11,14-17H2,1-2H3,(H,25,26). The number of piperidine rings is 1. The molecule has 2 fully saturated rings. The van der Waals surface area contributed by atoms with Crippen molar-refractivity contribution in [2.45, 2.75) is 89.8 Å². The van der Waals surface area contributed by atoms with Crippen LogP contribution in [0.1, 0.15) is 77.7 Å². The molecule has 0 radical (unpaired) electrons. The van der Waals surface area contributed by atoms with Crippen molar-refractivity contribution in [3.63, 3.8) is 0 Å². The second-order valence-electron chi connectivity index (χ2n) is 9.19. The van der Waals surface area contributed by atoms with E-state index in [0.717, 1.165) is 43.0 Å². The summed E-state index contributed by atoms with van der Waals surface area (Å²) in [4.78, 5) is 20.6. The van der Waals surface area contributed by atoms with Crippen LogP contribution in [0.4, 0.5) is 5.82 Å². The highest BCUT2D eigenvalue weighted by molar-refractivity contribution is 5.76. The molecule has 29 heavy (non-hydrogen) atoms. The minimum absolute atomic E-state index is 0.0294. The van der Waals surface area contributed by atoms with E-state index < -0.39 is 0 Å². The van der Waals surface area contributed by atoms with Gasteiger partial charge in [0.05, 0.1) is 11.0 Å². The molecule has 5 heteroatoms. The van der Waals surface area contributed by atoms with Crippen LogP contribution in [0.3, 0.4) is 0 Å². The van der Waals surface area contributed by atoms with Gasteiger partial charge in [-0.1, -0.05) is 44.2 Å². The molecule has 0 amide bonds. The van der Waals surface area contributed by atoms with Gasteiger partial charge in [0.1, 0.15) is 0 Å². The summed E-state index contributed by atoms with van der Waals surface area (Å²) in [6.45, 7) is 6.30. The van der Waals surface area contributed by atoms with Crippen LogP contribution in [0.2, 0.25) is 0 Å². The zero-order chi connectivity index (χ0) is 20.2. The van der Waals surface area contributed by atoms with E-state index in [1.165, 1.54) is 44.9 Å². The number of hydrogen-bond donors (Lipinski definition) is 1. The van der Waals surface area contributed by atoms with Gasteiger partial charge in [-0.25, -0.2) is 4.98 Å². The van der Waals surface area contributed by atoms with E-state index in [1.807, 2.05) is 42.7 Å². The number of anilines is 1. The molecular formula is C24H36N4O. The van der Waals surface area contributed by atoms with Crippen molar-refractivity contribution in [3.8, 4) is 0 Å². The minimum atomic E-state index is 0.0294. The molecule has 158 valence electrons. The highest BCUT2D eigenvalue weighted by atomic mass is 16.1. The summed E-state index contributed by atoms with van der Waals surface area (Å²) in [7, 11) is 0. The number of nitrogens with one attached hydrogen (secondary N) is 1. The van der Waals surface area contributed by atoms with Gasteiger partial charge < -0.3 is 14.8 Å². The molecule has 1 aromatic carbocycles. The highest BCUT2D eigenvalue weighted by Gasteiger charge is 2.28. The zero-order valence-electron chi connectivity index (χ0n) is 18.1. The lowest BCUT2D eigenvalue weighted by molar-refractivity contribution is 0.116. The number of para-hydroxylation sites is 2. The molecule has 1 saturated carbocycles. The van der Waals surface area contributed by atoms with Gasteiger partial charge in [0.15, 0.2) is 5.82 Å². The summed E-state index contributed by atoms with van der Waals surface area (Å²) >= 11 is 0. The largest absolute Gasteiger partial charge is 0.363 e. The summed E-state index contributed by atoms with van der Waals surface area (Å²) in [5.41, 5.74) is 1.90. The Balaban J connectivity index is 1.56. The Morgan fingerprint density at radius 2 is 1.59 bits per heavy atom. The monoisotopic (exact) mass is 396 g/mol. The Kier molecular flexibility index (Phi) is 6.53. The van der Waals surface area contributed by atoms with E-state index in [-0.39, 0.29) is 17.6 Å². The smallest absolute Gasteiger partial charge is 0.294 e. The van der Waals surface area contributed by atoms with Gasteiger partial charge >= 0.3 is 0 Å². The third-order valence-corrected chi connectivity index (χ3v) is 6.68. The number of aromatic nitrogens is 2.